The third-order valence-electron chi connectivity index (χ3n) is 3.31. The van der Waals surface area contributed by atoms with E-state index in [0.29, 0.717) is 0 Å². The van der Waals surface area contributed by atoms with Gasteiger partial charge in [0.05, 0.1) is 0 Å². The highest BCUT2D eigenvalue weighted by molar-refractivity contribution is 9.10. The van der Waals surface area contributed by atoms with Gasteiger partial charge in [0.15, 0.2) is 0 Å². The van der Waals surface area contributed by atoms with Crippen LogP contribution in [-0.4, -0.2) is 48.5 Å². The Hall–Kier alpha value is -0.320. The molecule has 0 amide bonds. The van der Waals surface area contributed by atoms with E-state index >= 15 is 0 Å². The standard InChI is InChI=1S/C13H19BrClN3/c1-11-9-12(14)10-16-13(11)18-5-2-4-17(6-3-15)7-8-18/h9-10H,2-8H2,1H3. The molecular weight excluding hydrogens is 314 g/mol. The van der Waals surface area contributed by atoms with Crippen molar-refractivity contribution in [3.8, 4) is 0 Å². The number of anilines is 1. The summed E-state index contributed by atoms with van der Waals surface area (Å²) in [4.78, 5) is 9.37. The number of halogens is 2. The quantitative estimate of drug-likeness (QED) is 0.794. The fourth-order valence-corrected chi connectivity index (χ4v) is 3.07. The number of alkyl halides is 1. The van der Waals surface area contributed by atoms with Crippen LogP contribution in [0.25, 0.3) is 0 Å². The largest absolute Gasteiger partial charge is 0.355 e. The zero-order valence-electron chi connectivity index (χ0n) is 10.7. The van der Waals surface area contributed by atoms with Crippen molar-refractivity contribution >= 4 is 33.3 Å². The van der Waals surface area contributed by atoms with E-state index in [0.717, 1.165) is 48.9 Å². The van der Waals surface area contributed by atoms with Gasteiger partial charge < -0.3 is 9.80 Å². The zero-order valence-corrected chi connectivity index (χ0v) is 13.0. The Bertz CT molecular complexity index is 400. The van der Waals surface area contributed by atoms with Crippen molar-refractivity contribution in [3.05, 3.63) is 22.3 Å². The van der Waals surface area contributed by atoms with Crippen LogP contribution < -0.4 is 4.90 Å². The summed E-state index contributed by atoms with van der Waals surface area (Å²) in [6, 6.07) is 2.13. The molecule has 0 atom stereocenters. The van der Waals surface area contributed by atoms with Gasteiger partial charge in [-0.05, 0) is 47.4 Å². The summed E-state index contributed by atoms with van der Waals surface area (Å²) in [7, 11) is 0. The average molecular weight is 333 g/mol. The fraction of sp³-hybridized carbons (Fsp3) is 0.615. The number of pyridine rings is 1. The summed E-state index contributed by atoms with van der Waals surface area (Å²) < 4.78 is 1.04. The predicted octanol–water partition coefficient (Wildman–Crippen LogP) is 2.90. The summed E-state index contributed by atoms with van der Waals surface area (Å²) in [5.41, 5.74) is 1.23. The van der Waals surface area contributed by atoms with E-state index in [9.17, 15) is 0 Å². The van der Waals surface area contributed by atoms with Crippen LogP contribution in [0.2, 0.25) is 0 Å². The SMILES string of the molecule is Cc1cc(Br)cnc1N1CCCN(CCCl)CC1. The number of nitrogens with zero attached hydrogens (tertiary/aromatic N) is 3. The number of aryl methyl sites for hydroxylation is 1. The van der Waals surface area contributed by atoms with E-state index in [1.807, 2.05) is 6.20 Å². The second kappa shape index (κ2) is 6.73. The molecule has 5 heteroatoms. The highest BCUT2D eigenvalue weighted by atomic mass is 79.9. The van der Waals surface area contributed by atoms with Gasteiger partial charge in [0, 0.05) is 42.7 Å². The molecule has 1 aliphatic heterocycles. The molecule has 0 saturated carbocycles. The average Bonchev–Trinajstić information content (AvgIpc) is 2.55. The maximum absolute atomic E-state index is 5.81. The van der Waals surface area contributed by atoms with Crippen molar-refractivity contribution in [1.29, 1.82) is 0 Å². The minimum Gasteiger partial charge on any atom is -0.355 e. The van der Waals surface area contributed by atoms with Gasteiger partial charge in [-0.2, -0.15) is 0 Å². The Morgan fingerprint density at radius 1 is 1.33 bits per heavy atom. The molecule has 0 aromatic carbocycles. The first kappa shape index (κ1) is 14.1. The first-order valence-electron chi connectivity index (χ1n) is 6.36. The molecule has 1 fully saturated rings. The van der Waals surface area contributed by atoms with Gasteiger partial charge in [0.1, 0.15) is 5.82 Å². The van der Waals surface area contributed by atoms with Crippen LogP contribution >= 0.6 is 27.5 Å². The van der Waals surface area contributed by atoms with Crippen LogP contribution in [0.4, 0.5) is 5.82 Å². The monoisotopic (exact) mass is 331 g/mol. The number of rotatable bonds is 3. The van der Waals surface area contributed by atoms with E-state index in [1.54, 1.807) is 0 Å². The normalized spacial score (nSPS) is 17.8. The molecule has 0 unspecified atom stereocenters. The Labute approximate surface area is 122 Å². The minimum absolute atomic E-state index is 0.718. The van der Waals surface area contributed by atoms with Crippen LogP contribution in [0.15, 0.2) is 16.7 Å². The molecular formula is C13H19BrClN3. The summed E-state index contributed by atoms with van der Waals surface area (Å²) in [6.07, 6.45) is 3.05. The second-order valence-electron chi connectivity index (χ2n) is 4.67. The Balaban J connectivity index is 2.05. The lowest BCUT2D eigenvalue weighted by molar-refractivity contribution is 0.311. The molecule has 1 saturated heterocycles. The highest BCUT2D eigenvalue weighted by Crippen LogP contribution is 2.21. The summed E-state index contributed by atoms with van der Waals surface area (Å²) in [5.74, 6) is 1.83. The van der Waals surface area contributed by atoms with Crippen LogP contribution in [0.3, 0.4) is 0 Å². The molecule has 1 aromatic rings. The van der Waals surface area contributed by atoms with E-state index in [4.69, 9.17) is 11.6 Å². The summed E-state index contributed by atoms with van der Waals surface area (Å²) in [6.45, 7) is 7.43. The van der Waals surface area contributed by atoms with Crippen LogP contribution in [0, 0.1) is 6.92 Å². The molecule has 0 aliphatic carbocycles. The van der Waals surface area contributed by atoms with Gasteiger partial charge in [-0.15, -0.1) is 11.6 Å². The van der Waals surface area contributed by atoms with Gasteiger partial charge >= 0.3 is 0 Å². The molecule has 0 bridgehead atoms. The van der Waals surface area contributed by atoms with Gasteiger partial charge in [0.25, 0.3) is 0 Å². The molecule has 2 heterocycles. The van der Waals surface area contributed by atoms with Crippen LogP contribution in [0.1, 0.15) is 12.0 Å². The number of aromatic nitrogens is 1. The van der Waals surface area contributed by atoms with E-state index in [2.05, 4.69) is 43.7 Å². The smallest absolute Gasteiger partial charge is 0.131 e. The van der Waals surface area contributed by atoms with E-state index < -0.39 is 0 Å². The molecule has 2 rings (SSSR count). The highest BCUT2D eigenvalue weighted by Gasteiger charge is 2.16. The maximum atomic E-state index is 5.81. The summed E-state index contributed by atoms with van der Waals surface area (Å²) >= 11 is 9.27. The lowest BCUT2D eigenvalue weighted by Gasteiger charge is -2.23. The molecule has 100 valence electrons. The van der Waals surface area contributed by atoms with Crippen molar-refractivity contribution in [1.82, 2.24) is 9.88 Å². The van der Waals surface area contributed by atoms with Gasteiger partial charge in [-0.25, -0.2) is 4.98 Å². The number of hydrogen-bond acceptors (Lipinski definition) is 3. The molecule has 0 N–H and O–H groups in total. The Morgan fingerprint density at radius 3 is 2.89 bits per heavy atom. The van der Waals surface area contributed by atoms with Crippen molar-refractivity contribution in [2.75, 3.05) is 43.5 Å². The topological polar surface area (TPSA) is 19.4 Å². The van der Waals surface area contributed by atoms with Crippen molar-refractivity contribution in [2.45, 2.75) is 13.3 Å². The first-order valence-corrected chi connectivity index (χ1v) is 7.69. The van der Waals surface area contributed by atoms with Crippen molar-refractivity contribution < 1.29 is 0 Å². The first-order chi connectivity index (χ1) is 8.70. The van der Waals surface area contributed by atoms with Gasteiger partial charge in [-0.1, -0.05) is 0 Å². The lowest BCUT2D eigenvalue weighted by Crippen LogP contribution is -2.32. The minimum atomic E-state index is 0.718. The molecule has 1 aromatic heterocycles. The van der Waals surface area contributed by atoms with Gasteiger partial charge in [0.2, 0.25) is 0 Å². The molecule has 3 nitrogen and oxygen atoms in total. The molecule has 0 radical (unpaired) electrons. The lowest BCUT2D eigenvalue weighted by atomic mass is 10.2. The molecule has 1 aliphatic rings. The zero-order chi connectivity index (χ0) is 13.0. The van der Waals surface area contributed by atoms with E-state index in [1.165, 1.54) is 12.0 Å². The molecule has 0 spiro atoms. The predicted molar refractivity (Wildman–Crippen MR) is 80.7 cm³/mol. The Morgan fingerprint density at radius 2 is 2.17 bits per heavy atom. The number of hydrogen-bond donors (Lipinski definition) is 0. The van der Waals surface area contributed by atoms with E-state index in [-0.39, 0.29) is 0 Å². The third-order valence-corrected chi connectivity index (χ3v) is 3.91. The Kier molecular flexibility index (Phi) is 5.27. The maximum Gasteiger partial charge on any atom is 0.131 e. The second-order valence-corrected chi connectivity index (χ2v) is 5.96. The van der Waals surface area contributed by atoms with Crippen molar-refractivity contribution in [2.24, 2.45) is 0 Å². The third kappa shape index (κ3) is 3.59. The summed E-state index contributed by atoms with van der Waals surface area (Å²) in [5, 5.41) is 0. The fourth-order valence-electron chi connectivity index (χ4n) is 2.39. The molecule has 18 heavy (non-hydrogen) atoms. The van der Waals surface area contributed by atoms with Crippen LogP contribution in [0.5, 0.6) is 0 Å². The van der Waals surface area contributed by atoms with Crippen molar-refractivity contribution in [3.63, 3.8) is 0 Å². The van der Waals surface area contributed by atoms with Crippen LogP contribution in [-0.2, 0) is 0 Å². The van der Waals surface area contributed by atoms with Gasteiger partial charge in [-0.3, -0.25) is 0 Å².